The van der Waals surface area contributed by atoms with Crippen molar-refractivity contribution in [3.63, 3.8) is 0 Å². The quantitative estimate of drug-likeness (QED) is 0.248. The van der Waals surface area contributed by atoms with Crippen LogP contribution in [-0.4, -0.2) is 41.6 Å². The fraction of sp³-hybridized carbons (Fsp3) is 0.643. The number of benzene rings is 1. The highest BCUT2D eigenvalue weighted by molar-refractivity contribution is 5.77. The molecule has 0 saturated carbocycles. The second-order valence-corrected chi connectivity index (χ2v) is 10.5. The van der Waals surface area contributed by atoms with Gasteiger partial charge in [-0.3, -0.25) is 19.2 Å². The van der Waals surface area contributed by atoms with Gasteiger partial charge in [-0.15, -0.1) is 0 Å². The summed E-state index contributed by atoms with van der Waals surface area (Å²) in [5.41, 5.74) is 6.52. The van der Waals surface area contributed by atoms with E-state index in [4.69, 9.17) is 19.9 Å². The lowest BCUT2D eigenvalue weighted by atomic mass is 9.82. The summed E-state index contributed by atoms with van der Waals surface area (Å²) in [7, 11) is 0. The smallest absolute Gasteiger partial charge is 0.321 e. The van der Waals surface area contributed by atoms with E-state index in [1.165, 1.54) is 12.1 Å². The molecule has 3 unspecified atom stereocenters. The molecule has 0 amide bonds. The van der Waals surface area contributed by atoms with Crippen molar-refractivity contribution in [2.45, 2.75) is 86.1 Å². The maximum Gasteiger partial charge on any atom is 0.321 e. The molecule has 37 heavy (non-hydrogen) atoms. The highest BCUT2D eigenvalue weighted by Crippen LogP contribution is 2.36. The van der Waals surface area contributed by atoms with E-state index in [-0.39, 0.29) is 54.7 Å². The Balaban J connectivity index is 3.34. The van der Waals surface area contributed by atoms with Crippen LogP contribution in [0.15, 0.2) is 18.2 Å². The third-order valence-corrected chi connectivity index (χ3v) is 5.85. The Labute approximate surface area is 220 Å². The van der Waals surface area contributed by atoms with Crippen LogP contribution < -0.4 is 15.2 Å². The van der Waals surface area contributed by atoms with Gasteiger partial charge < -0.3 is 25.1 Å². The summed E-state index contributed by atoms with van der Waals surface area (Å²) >= 11 is 0. The van der Waals surface area contributed by atoms with E-state index < -0.39 is 35.8 Å². The van der Waals surface area contributed by atoms with Gasteiger partial charge in [0.1, 0.15) is 6.04 Å². The first-order valence-corrected chi connectivity index (χ1v) is 13.0. The number of hydrogen-bond donors (Lipinski definition) is 2. The number of nitrogens with two attached hydrogens (primary N) is 1. The van der Waals surface area contributed by atoms with Crippen LogP contribution in [0.5, 0.6) is 11.5 Å². The van der Waals surface area contributed by atoms with Gasteiger partial charge in [0.05, 0.1) is 12.5 Å². The third-order valence-electron chi connectivity index (χ3n) is 5.85. The molecule has 0 aliphatic heterocycles. The van der Waals surface area contributed by atoms with E-state index in [9.17, 15) is 24.3 Å². The molecule has 1 aromatic rings. The Morgan fingerprint density at radius 2 is 1.43 bits per heavy atom. The van der Waals surface area contributed by atoms with Crippen LogP contribution >= 0.6 is 0 Å². The summed E-state index contributed by atoms with van der Waals surface area (Å²) < 4.78 is 16.5. The Morgan fingerprint density at radius 1 is 0.892 bits per heavy atom. The average molecular weight is 522 g/mol. The van der Waals surface area contributed by atoms with Gasteiger partial charge in [-0.05, 0) is 41.9 Å². The molecule has 0 spiro atoms. The molecule has 0 bridgehead atoms. The van der Waals surface area contributed by atoms with E-state index in [1.807, 2.05) is 34.6 Å². The first-order valence-electron chi connectivity index (χ1n) is 13.0. The van der Waals surface area contributed by atoms with Crippen molar-refractivity contribution < 1.29 is 38.5 Å². The van der Waals surface area contributed by atoms with Crippen molar-refractivity contribution >= 4 is 23.9 Å². The molecule has 0 aromatic heterocycles. The Bertz CT molecular complexity index is 927. The molecule has 208 valence electrons. The number of hydrogen-bond acceptors (Lipinski definition) is 8. The predicted octanol–water partition coefficient (Wildman–Crippen LogP) is 4.70. The Morgan fingerprint density at radius 3 is 1.92 bits per heavy atom. The van der Waals surface area contributed by atoms with Gasteiger partial charge >= 0.3 is 23.9 Å². The minimum Gasteiger partial charge on any atom is -0.480 e. The van der Waals surface area contributed by atoms with Crippen LogP contribution in [0, 0.1) is 23.7 Å². The molecule has 3 N–H and O–H groups in total. The maximum absolute atomic E-state index is 12.5. The predicted molar refractivity (Wildman–Crippen MR) is 139 cm³/mol. The van der Waals surface area contributed by atoms with Gasteiger partial charge in [0.25, 0.3) is 0 Å². The molecule has 1 aromatic carbocycles. The maximum atomic E-state index is 12.5. The zero-order valence-electron chi connectivity index (χ0n) is 23.1. The number of carbonyl (C=O) groups is 4. The number of rotatable bonds is 15. The van der Waals surface area contributed by atoms with Crippen molar-refractivity contribution in [1.29, 1.82) is 0 Å². The molecule has 0 aliphatic carbocycles. The highest BCUT2D eigenvalue weighted by Gasteiger charge is 2.33. The number of aliphatic carboxylic acids is 1. The minimum absolute atomic E-state index is 0.00334. The molecular formula is C28H43NO8. The minimum atomic E-state index is -1.32. The lowest BCUT2D eigenvalue weighted by Crippen LogP contribution is -2.40. The monoisotopic (exact) mass is 521 g/mol. The van der Waals surface area contributed by atoms with Crippen LogP contribution in [0.2, 0.25) is 0 Å². The van der Waals surface area contributed by atoms with Crippen molar-refractivity contribution in [2.75, 3.05) is 6.61 Å². The second-order valence-electron chi connectivity index (χ2n) is 10.5. The van der Waals surface area contributed by atoms with Gasteiger partial charge in [-0.25, -0.2) is 0 Å². The summed E-state index contributed by atoms with van der Waals surface area (Å²) in [6, 6.07) is 3.20. The summed E-state index contributed by atoms with van der Waals surface area (Å²) in [4.78, 5) is 48.9. The normalized spacial score (nSPS) is 14.5. The molecular weight excluding hydrogens is 478 g/mol. The largest absolute Gasteiger partial charge is 0.480 e. The van der Waals surface area contributed by atoms with E-state index in [2.05, 4.69) is 0 Å². The molecule has 1 rings (SSSR count). The van der Waals surface area contributed by atoms with Crippen molar-refractivity contribution in [3.05, 3.63) is 23.8 Å². The van der Waals surface area contributed by atoms with Gasteiger partial charge in [0.2, 0.25) is 0 Å². The number of carbonyl (C=O) groups excluding carboxylic acids is 3. The lowest BCUT2D eigenvalue weighted by Gasteiger charge is -2.28. The molecule has 9 heteroatoms. The zero-order valence-corrected chi connectivity index (χ0v) is 23.1. The molecule has 0 heterocycles. The van der Waals surface area contributed by atoms with E-state index >= 15 is 0 Å². The van der Waals surface area contributed by atoms with E-state index in [0.717, 1.165) is 6.42 Å². The summed E-state index contributed by atoms with van der Waals surface area (Å²) in [5.74, 6) is -3.93. The van der Waals surface area contributed by atoms with Gasteiger partial charge in [0, 0.05) is 18.8 Å². The van der Waals surface area contributed by atoms with Crippen LogP contribution in [0.4, 0.5) is 0 Å². The summed E-state index contributed by atoms with van der Waals surface area (Å²) in [6.07, 6.45) is 1.84. The SMILES string of the molecule is CCCC(C)C(=O)OCC(C)C(c1ccc(OC(=O)CC(C)C)c(OC(=O)CC(C)C)c1)[C@H](N)C(=O)O. The Hall–Kier alpha value is -2.94. The van der Waals surface area contributed by atoms with Gasteiger partial charge in [-0.2, -0.15) is 0 Å². The summed E-state index contributed by atoms with van der Waals surface area (Å²) in [6.45, 7) is 13.0. The van der Waals surface area contributed by atoms with Crippen LogP contribution in [0.25, 0.3) is 0 Å². The van der Waals surface area contributed by atoms with Crippen molar-refractivity contribution in [2.24, 2.45) is 29.4 Å². The number of carboxylic acid groups (broad SMARTS) is 1. The van der Waals surface area contributed by atoms with Crippen LogP contribution in [0.3, 0.4) is 0 Å². The number of carboxylic acids is 1. The topological polar surface area (TPSA) is 142 Å². The average Bonchev–Trinajstić information content (AvgIpc) is 2.78. The number of esters is 3. The van der Waals surface area contributed by atoms with E-state index in [0.29, 0.717) is 12.0 Å². The zero-order chi connectivity index (χ0) is 28.3. The lowest BCUT2D eigenvalue weighted by molar-refractivity contribution is -0.150. The molecule has 0 aliphatic rings. The second kappa shape index (κ2) is 15.3. The van der Waals surface area contributed by atoms with Crippen molar-refractivity contribution in [3.8, 4) is 11.5 Å². The molecule has 0 radical (unpaired) electrons. The fourth-order valence-corrected chi connectivity index (χ4v) is 3.95. The third kappa shape index (κ3) is 10.9. The first-order chi connectivity index (χ1) is 17.3. The highest BCUT2D eigenvalue weighted by atomic mass is 16.6. The van der Waals surface area contributed by atoms with Crippen LogP contribution in [-0.2, 0) is 23.9 Å². The molecule has 9 nitrogen and oxygen atoms in total. The van der Waals surface area contributed by atoms with Gasteiger partial charge in [0.15, 0.2) is 11.5 Å². The van der Waals surface area contributed by atoms with Crippen molar-refractivity contribution in [1.82, 2.24) is 0 Å². The molecule has 0 fully saturated rings. The standard InChI is InChI=1S/C28H43NO8/c1-8-9-18(6)28(34)35-15-19(7)25(26(29)27(32)33)20-10-11-21(36-23(30)12-16(2)3)22(14-20)37-24(31)13-17(4)5/h10-11,14,16-19,25-26H,8-9,12-13,15,29H2,1-7H3,(H,32,33)/t18?,19?,25?,26-/m0/s1. The first kappa shape index (κ1) is 32.1. The van der Waals surface area contributed by atoms with Crippen LogP contribution in [0.1, 0.15) is 85.6 Å². The molecule has 0 saturated heterocycles. The Kier molecular flexibility index (Phi) is 13.3. The van der Waals surface area contributed by atoms with Gasteiger partial charge in [-0.1, -0.05) is 61.0 Å². The molecule has 4 atom stereocenters. The summed E-state index contributed by atoms with van der Waals surface area (Å²) in [5, 5.41) is 9.68. The number of ether oxygens (including phenoxy) is 3. The fourth-order valence-electron chi connectivity index (χ4n) is 3.95. The van der Waals surface area contributed by atoms with E-state index in [1.54, 1.807) is 19.9 Å².